The molecule has 4 fully saturated rings. The fraction of sp³-hybridized carbons (Fsp3) is 0.905. The molecule has 0 heterocycles. The van der Waals surface area contributed by atoms with Crippen molar-refractivity contribution in [1.29, 1.82) is 0 Å². The first-order valence-electron chi connectivity index (χ1n) is 10.4. The van der Waals surface area contributed by atoms with Gasteiger partial charge in [0.2, 0.25) is 0 Å². The van der Waals surface area contributed by atoms with Crippen molar-refractivity contribution in [3.8, 4) is 0 Å². The van der Waals surface area contributed by atoms with Crippen molar-refractivity contribution in [3.05, 3.63) is 0 Å². The zero-order valence-corrected chi connectivity index (χ0v) is 16.0. The standard InChI is InChI=1S/C21H32O5/c1-24-11-26-13-4-6-14-12(9-13)3-5-16-15(14)7-8-17-18(16)10-19(20(17)22)21(23)25-2/h12-19H,3-11H2,1-2H3/t12-,13+,14+,15-,16-,17-,18+,19+/m1/s1. The van der Waals surface area contributed by atoms with Gasteiger partial charge in [-0.3, -0.25) is 9.59 Å². The van der Waals surface area contributed by atoms with Crippen molar-refractivity contribution >= 4 is 11.8 Å². The van der Waals surface area contributed by atoms with E-state index in [9.17, 15) is 9.59 Å². The van der Waals surface area contributed by atoms with E-state index in [4.69, 9.17) is 14.2 Å². The van der Waals surface area contributed by atoms with Crippen LogP contribution in [0.3, 0.4) is 0 Å². The molecule has 26 heavy (non-hydrogen) atoms. The predicted molar refractivity (Wildman–Crippen MR) is 95.1 cm³/mol. The summed E-state index contributed by atoms with van der Waals surface area (Å²) < 4.78 is 15.8. The van der Waals surface area contributed by atoms with Crippen LogP contribution in [0.25, 0.3) is 0 Å². The van der Waals surface area contributed by atoms with Crippen molar-refractivity contribution in [3.63, 3.8) is 0 Å². The zero-order valence-electron chi connectivity index (χ0n) is 16.0. The highest BCUT2D eigenvalue weighted by atomic mass is 16.7. The van der Waals surface area contributed by atoms with Crippen LogP contribution in [0.4, 0.5) is 0 Å². The van der Waals surface area contributed by atoms with E-state index in [-0.39, 0.29) is 17.7 Å². The number of hydrogen-bond acceptors (Lipinski definition) is 5. The van der Waals surface area contributed by atoms with Gasteiger partial charge in [0.25, 0.3) is 0 Å². The van der Waals surface area contributed by atoms with E-state index in [1.807, 2.05) is 0 Å². The Morgan fingerprint density at radius 3 is 2.42 bits per heavy atom. The quantitative estimate of drug-likeness (QED) is 0.435. The van der Waals surface area contributed by atoms with E-state index in [1.54, 1.807) is 7.11 Å². The van der Waals surface area contributed by atoms with Gasteiger partial charge in [0.15, 0.2) is 0 Å². The van der Waals surface area contributed by atoms with Crippen LogP contribution in [0.15, 0.2) is 0 Å². The van der Waals surface area contributed by atoms with Crippen LogP contribution in [-0.2, 0) is 23.8 Å². The minimum absolute atomic E-state index is 0.110. The van der Waals surface area contributed by atoms with Crippen molar-refractivity contribution < 1.29 is 23.8 Å². The van der Waals surface area contributed by atoms with Crippen LogP contribution in [0.2, 0.25) is 0 Å². The summed E-state index contributed by atoms with van der Waals surface area (Å²) in [6.07, 6.45) is 9.22. The summed E-state index contributed by atoms with van der Waals surface area (Å²) in [5.41, 5.74) is 0. The van der Waals surface area contributed by atoms with E-state index in [2.05, 4.69) is 0 Å². The van der Waals surface area contributed by atoms with Crippen LogP contribution in [-0.4, -0.2) is 38.9 Å². The predicted octanol–water partition coefficient (Wildman–Crippen LogP) is 3.21. The first kappa shape index (κ1) is 18.4. The Bertz CT molecular complexity index is 547. The summed E-state index contributed by atoms with van der Waals surface area (Å²) in [6.45, 7) is 0.398. The first-order valence-corrected chi connectivity index (χ1v) is 10.4. The second-order valence-electron chi connectivity index (χ2n) is 8.90. The number of esters is 1. The minimum atomic E-state index is -0.496. The minimum Gasteiger partial charge on any atom is -0.468 e. The van der Waals surface area contributed by atoms with Crippen LogP contribution in [0, 0.1) is 41.4 Å². The highest BCUT2D eigenvalue weighted by Gasteiger charge is 2.55. The molecule has 0 unspecified atom stereocenters. The Labute approximate surface area is 156 Å². The van der Waals surface area contributed by atoms with E-state index < -0.39 is 5.92 Å². The molecule has 8 atom stereocenters. The lowest BCUT2D eigenvalue weighted by molar-refractivity contribution is -0.148. The van der Waals surface area contributed by atoms with Crippen molar-refractivity contribution in [2.24, 2.45) is 41.4 Å². The van der Waals surface area contributed by atoms with Gasteiger partial charge >= 0.3 is 5.97 Å². The molecule has 5 heteroatoms. The second-order valence-corrected chi connectivity index (χ2v) is 8.90. The van der Waals surface area contributed by atoms with Crippen LogP contribution in [0.1, 0.15) is 51.4 Å². The van der Waals surface area contributed by atoms with Crippen LogP contribution < -0.4 is 0 Å². The van der Waals surface area contributed by atoms with Gasteiger partial charge in [-0.15, -0.1) is 0 Å². The number of hydrogen-bond donors (Lipinski definition) is 0. The van der Waals surface area contributed by atoms with Crippen LogP contribution >= 0.6 is 0 Å². The van der Waals surface area contributed by atoms with Gasteiger partial charge in [-0.1, -0.05) is 0 Å². The van der Waals surface area contributed by atoms with Gasteiger partial charge in [-0.2, -0.15) is 0 Å². The molecule has 5 nitrogen and oxygen atoms in total. The third-order valence-corrected chi connectivity index (χ3v) is 7.97. The molecular formula is C21H32O5. The number of ether oxygens (including phenoxy) is 3. The number of methoxy groups -OCH3 is 2. The highest BCUT2D eigenvalue weighted by molar-refractivity contribution is 6.02. The fourth-order valence-corrected chi connectivity index (χ4v) is 6.93. The molecule has 0 spiro atoms. The van der Waals surface area contributed by atoms with Gasteiger partial charge in [0.1, 0.15) is 18.5 Å². The molecular weight excluding hydrogens is 332 g/mol. The third kappa shape index (κ3) is 3.11. The number of rotatable bonds is 4. The Balaban J connectivity index is 1.43. The normalized spacial score (nSPS) is 44.8. The number of carbonyl (C=O) groups is 2. The molecule has 0 aromatic heterocycles. The summed E-state index contributed by atoms with van der Waals surface area (Å²) in [4.78, 5) is 24.7. The molecule has 4 saturated carbocycles. The van der Waals surface area contributed by atoms with Gasteiger partial charge in [0, 0.05) is 13.0 Å². The van der Waals surface area contributed by atoms with E-state index in [0.29, 0.717) is 24.7 Å². The molecule has 4 aliphatic carbocycles. The number of ketones is 1. The summed E-state index contributed by atoms with van der Waals surface area (Å²) >= 11 is 0. The number of fused-ring (bicyclic) bond motifs is 5. The van der Waals surface area contributed by atoms with Gasteiger partial charge in [0.05, 0.1) is 13.2 Å². The van der Waals surface area contributed by atoms with Gasteiger partial charge in [-0.05, 0) is 81.0 Å². The Hall–Kier alpha value is -0.940. The van der Waals surface area contributed by atoms with Gasteiger partial charge < -0.3 is 14.2 Å². The molecule has 0 aromatic rings. The van der Waals surface area contributed by atoms with E-state index >= 15 is 0 Å². The molecule has 0 radical (unpaired) electrons. The maximum Gasteiger partial charge on any atom is 0.316 e. The smallest absolute Gasteiger partial charge is 0.316 e. The molecule has 0 bridgehead atoms. The molecule has 4 aliphatic rings. The SMILES string of the molecule is COCO[C@H]1CC[C@H]2[C@H](CC[C@@H]3[C@@H]2CC[C@H]2C(=O)[C@@H](C(=O)OC)C[C@@H]32)C1. The van der Waals surface area contributed by atoms with Crippen molar-refractivity contribution in [2.75, 3.05) is 21.0 Å². The van der Waals surface area contributed by atoms with Crippen molar-refractivity contribution in [1.82, 2.24) is 0 Å². The van der Waals surface area contributed by atoms with E-state index in [1.165, 1.54) is 26.4 Å². The molecule has 0 aromatic carbocycles. The second kappa shape index (κ2) is 7.59. The molecule has 0 aliphatic heterocycles. The maximum atomic E-state index is 12.7. The van der Waals surface area contributed by atoms with Crippen LogP contribution in [0.5, 0.6) is 0 Å². The summed E-state index contributed by atoms with van der Waals surface area (Å²) in [5.74, 6) is 2.79. The average molecular weight is 364 g/mol. The Morgan fingerprint density at radius 2 is 1.65 bits per heavy atom. The zero-order chi connectivity index (χ0) is 18.3. The average Bonchev–Trinajstić information content (AvgIpc) is 3.02. The summed E-state index contributed by atoms with van der Waals surface area (Å²) in [5, 5.41) is 0. The Kier molecular flexibility index (Phi) is 5.38. The molecule has 0 N–H and O–H groups in total. The molecule has 0 saturated heterocycles. The fourth-order valence-electron chi connectivity index (χ4n) is 6.93. The highest BCUT2D eigenvalue weighted by Crippen LogP contribution is 2.58. The largest absolute Gasteiger partial charge is 0.468 e. The van der Waals surface area contributed by atoms with Gasteiger partial charge in [-0.25, -0.2) is 0 Å². The number of carbonyl (C=O) groups excluding carboxylic acids is 2. The summed E-state index contributed by atoms with van der Waals surface area (Å²) in [7, 11) is 3.08. The Morgan fingerprint density at radius 1 is 0.923 bits per heavy atom. The lowest BCUT2D eigenvalue weighted by Gasteiger charge is -2.52. The topological polar surface area (TPSA) is 61.8 Å². The third-order valence-electron chi connectivity index (χ3n) is 7.97. The number of Topliss-reactive ketones (excluding diaryl/α,β-unsaturated/α-hetero) is 1. The lowest BCUT2D eigenvalue weighted by Crippen LogP contribution is -2.46. The molecule has 146 valence electrons. The van der Waals surface area contributed by atoms with E-state index in [0.717, 1.165) is 49.9 Å². The molecule has 0 amide bonds. The van der Waals surface area contributed by atoms with Crippen molar-refractivity contribution in [2.45, 2.75) is 57.5 Å². The monoisotopic (exact) mass is 364 g/mol. The lowest BCUT2D eigenvalue weighted by atomic mass is 9.53. The first-order chi connectivity index (χ1) is 12.6. The maximum absolute atomic E-state index is 12.7. The summed E-state index contributed by atoms with van der Waals surface area (Å²) in [6, 6.07) is 0. The molecule has 4 rings (SSSR count).